The average molecular weight is 425 g/mol. The predicted molar refractivity (Wildman–Crippen MR) is 123 cm³/mol. The van der Waals surface area contributed by atoms with Crippen LogP contribution >= 0.6 is 0 Å². The minimum Gasteiger partial charge on any atom is -0.356 e. The smallest absolute Gasteiger partial charge is 0.242 e. The Balaban J connectivity index is 1.39. The number of aromatic nitrogens is 2. The van der Waals surface area contributed by atoms with E-state index in [0.717, 1.165) is 61.9 Å². The van der Waals surface area contributed by atoms with Crippen molar-refractivity contribution < 1.29 is 9.59 Å². The largest absolute Gasteiger partial charge is 0.356 e. The lowest BCUT2D eigenvalue weighted by molar-refractivity contribution is -0.135. The molecule has 2 aliphatic rings. The van der Waals surface area contributed by atoms with Crippen LogP contribution in [0, 0.1) is 5.92 Å². The van der Waals surface area contributed by atoms with Gasteiger partial charge >= 0.3 is 0 Å². The van der Waals surface area contributed by atoms with Gasteiger partial charge in [-0.25, -0.2) is 4.98 Å². The van der Waals surface area contributed by atoms with E-state index in [4.69, 9.17) is 4.98 Å². The van der Waals surface area contributed by atoms with Crippen molar-refractivity contribution >= 4 is 22.8 Å². The first-order chi connectivity index (χ1) is 15.1. The number of aryl methyl sites for hydroxylation is 1. The number of imidazole rings is 1. The molecule has 1 atom stereocenters. The number of likely N-dealkylation sites (tertiary alicyclic amines) is 1. The molecule has 1 saturated heterocycles. The first-order valence-corrected chi connectivity index (χ1v) is 12.1. The maximum Gasteiger partial charge on any atom is 0.242 e. The fourth-order valence-electron chi connectivity index (χ4n) is 5.15. The Morgan fingerprint density at radius 3 is 2.65 bits per heavy atom. The Hall–Kier alpha value is -2.37. The fraction of sp³-hybridized carbons (Fsp3) is 0.640. The minimum absolute atomic E-state index is 0.183. The van der Waals surface area contributed by atoms with Gasteiger partial charge in [-0.15, -0.1) is 0 Å². The van der Waals surface area contributed by atoms with Crippen LogP contribution in [0.1, 0.15) is 70.5 Å². The summed E-state index contributed by atoms with van der Waals surface area (Å²) in [7, 11) is 0. The molecule has 1 aromatic heterocycles. The molecule has 1 saturated carbocycles. The van der Waals surface area contributed by atoms with E-state index in [1.165, 1.54) is 25.7 Å². The molecule has 1 aromatic carbocycles. The number of amides is 2. The molecule has 2 heterocycles. The van der Waals surface area contributed by atoms with Crippen molar-refractivity contribution in [1.82, 2.24) is 19.8 Å². The van der Waals surface area contributed by atoms with Gasteiger partial charge in [-0.1, -0.05) is 31.4 Å². The molecule has 168 valence electrons. The molecule has 0 spiro atoms. The van der Waals surface area contributed by atoms with Gasteiger partial charge in [0.15, 0.2) is 0 Å². The standard InChI is InChI=1S/C25H36N4O2/c1-19-10-7-8-17-28(19)24(30)18-29-22-14-6-5-13-21(22)27-23(29)15-9-16-26-25(31)20-11-3-2-4-12-20/h5-6,13-14,19-20H,2-4,7-12,15-18H2,1H3,(H,26,31). The minimum atomic E-state index is 0.183. The van der Waals surface area contributed by atoms with Gasteiger partial charge in [-0.2, -0.15) is 0 Å². The van der Waals surface area contributed by atoms with Gasteiger partial charge < -0.3 is 14.8 Å². The summed E-state index contributed by atoms with van der Waals surface area (Å²) in [5, 5.41) is 3.12. The van der Waals surface area contributed by atoms with Crippen molar-refractivity contribution in [2.75, 3.05) is 13.1 Å². The Bertz CT molecular complexity index is 900. The summed E-state index contributed by atoms with van der Waals surface area (Å²) in [5.74, 6) is 1.53. The van der Waals surface area contributed by atoms with E-state index in [-0.39, 0.29) is 17.7 Å². The van der Waals surface area contributed by atoms with Gasteiger partial charge in [0, 0.05) is 31.5 Å². The van der Waals surface area contributed by atoms with Crippen molar-refractivity contribution in [3.8, 4) is 0 Å². The molecule has 1 aliphatic heterocycles. The molecule has 2 aromatic rings. The van der Waals surface area contributed by atoms with Gasteiger partial charge in [0.05, 0.1) is 11.0 Å². The maximum absolute atomic E-state index is 13.1. The van der Waals surface area contributed by atoms with E-state index in [9.17, 15) is 9.59 Å². The molecule has 0 bridgehead atoms. The van der Waals surface area contributed by atoms with E-state index in [0.29, 0.717) is 19.1 Å². The second-order valence-electron chi connectivity index (χ2n) is 9.26. The van der Waals surface area contributed by atoms with Crippen molar-refractivity contribution in [3.05, 3.63) is 30.1 Å². The maximum atomic E-state index is 13.1. The number of piperidine rings is 1. The van der Waals surface area contributed by atoms with E-state index in [2.05, 4.69) is 16.8 Å². The summed E-state index contributed by atoms with van der Waals surface area (Å²) >= 11 is 0. The van der Waals surface area contributed by atoms with Crippen molar-refractivity contribution in [2.45, 2.75) is 83.7 Å². The third-order valence-electron chi connectivity index (χ3n) is 7.00. The Morgan fingerprint density at radius 2 is 1.84 bits per heavy atom. The Labute approximate surface area is 185 Å². The van der Waals surface area contributed by atoms with Gasteiger partial charge in [-0.05, 0) is 57.6 Å². The summed E-state index contributed by atoms with van der Waals surface area (Å²) in [6.45, 7) is 4.01. The molecule has 0 radical (unpaired) electrons. The molecule has 1 unspecified atom stereocenters. The van der Waals surface area contributed by atoms with Gasteiger partial charge in [0.1, 0.15) is 12.4 Å². The second kappa shape index (κ2) is 10.3. The number of hydrogen-bond donors (Lipinski definition) is 1. The Morgan fingerprint density at radius 1 is 1.06 bits per heavy atom. The van der Waals surface area contributed by atoms with Crippen LogP contribution < -0.4 is 5.32 Å². The van der Waals surface area contributed by atoms with Gasteiger partial charge in [0.2, 0.25) is 11.8 Å². The topological polar surface area (TPSA) is 67.2 Å². The fourth-order valence-corrected chi connectivity index (χ4v) is 5.15. The number of hydrogen-bond acceptors (Lipinski definition) is 3. The molecule has 2 fully saturated rings. The van der Waals surface area contributed by atoms with Crippen LogP contribution in [0.5, 0.6) is 0 Å². The normalized spacial score (nSPS) is 20.2. The van der Waals surface area contributed by atoms with E-state index in [1.54, 1.807) is 0 Å². The van der Waals surface area contributed by atoms with Crippen LogP contribution in [0.25, 0.3) is 11.0 Å². The van der Waals surface area contributed by atoms with Gasteiger partial charge in [0.25, 0.3) is 0 Å². The number of para-hydroxylation sites is 2. The molecular formula is C25H36N4O2. The highest BCUT2D eigenvalue weighted by atomic mass is 16.2. The van der Waals surface area contributed by atoms with Crippen LogP contribution in [0.15, 0.2) is 24.3 Å². The number of nitrogens with zero attached hydrogens (tertiary/aromatic N) is 3. The van der Waals surface area contributed by atoms with Gasteiger partial charge in [-0.3, -0.25) is 9.59 Å². The van der Waals surface area contributed by atoms with Crippen molar-refractivity contribution in [3.63, 3.8) is 0 Å². The first kappa shape index (κ1) is 21.8. The zero-order valence-corrected chi connectivity index (χ0v) is 18.8. The van der Waals surface area contributed by atoms with Crippen LogP contribution in [0.3, 0.4) is 0 Å². The number of fused-ring (bicyclic) bond motifs is 1. The summed E-state index contributed by atoms with van der Waals surface area (Å²) in [6, 6.07) is 8.36. The third kappa shape index (κ3) is 5.28. The second-order valence-corrected chi connectivity index (χ2v) is 9.26. The molecule has 31 heavy (non-hydrogen) atoms. The molecule has 6 heteroatoms. The lowest BCUT2D eigenvalue weighted by Gasteiger charge is -2.33. The lowest BCUT2D eigenvalue weighted by Crippen LogP contribution is -2.43. The average Bonchev–Trinajstić information content (AvgIpc) is 3.14. The zero-order valence-electron chi connectivity index (χ0n) is 18.8. The third-order valence-corrected chi connectivity index (χ3v) is 7.00. The Kier molecular flexibility index (Phi) is 7.25. The predicted octanol–water partition coefficient (Wildman–Crippen LogP) is 4.07. The summed E-state index contributed by atoms with van der Waals surface area (Å²) in [5.41, 5.74) is 1.95. The zero-order chi connectivity index (χ0) is 21.6. The van der Waals surface area contributed by atoms with Crippen LogP contribution in [-0.2, 0) is 22.6 Å². The number of carbonyl (C=O) groups excluding carboxylic acids is 2. The summed E-state index contributed by atoms with van der Waals surface area (Å²) < 4.78 is 2.09. The van der Waals surface area contributed by atoms with Crippen LogP contribution in [0.2, 0.25) is 0 Å². The van der Waals surface area contributed by atoms with Crippen LogP contribution in [-0.4, -0.2) is 45.4 Å². The SMILES string of the molecule is CC1CCCCN1C(=O)Cn1c(CCCNC(=O)C2CCCCC2)nc2ccccc21. The van der Waals surface area contributed by atoms with E-state index in [1.807, 2.05) is 29.2 Å². The first-order valence-electron chi connectivity index (χ1n) is 12.1. The molecular weight excluding hydrogens is 388 g/mol. The van der Waals surface area contributed by atoms with Crippen molar-refractivity contribution in [1.29, 1.82) is 0 Å². The number of nitrogens with one attached hydrogen (secondary N) is 1. The van der Waals surface area contributed by atoms with E-state index >= 15 is 0 Å². The molecule has 1 aliphatic carbocycles. The molecule has 6 nitrogen and oxygen atoms in total. The lowest BCUT2D eigenvalue weighted by atomic mass is 9.89. The molecule has 2 amide bonds. The quantitative estimate of drug-likeness (QED) is 0.682. The highest BCUT2D eigenvalue weighted by molar-refractivity contribution is 5.81. The summed E-state index contributed by atoms with van der Waals surface area (Å²) in [6.07, 6.45) is 10.6. The monoisotopic (exact) mass is 424 g/mol. The number of benzene rings is 1. The van der Waals surface area contributed by atoms with Crippen molar-refractivity contribution in [2.24, 2.45) is 5.92 Å². The molecule has 4 rings (SSSR count). The number of rotatable bonds is 7. The number of carbonyl (C=O) groups is 2. The molecule has 1 N–H and O–H groups in total. The highest BCUT2D eigenvalue weighted by Crippen LogP contribution is 2.24. The van der Waals surface area contributed by atoms with E-state index < -0.39 is 0 Å². The van der Waals surface area contributed by atoms with Crippen LogP contribution in [0.4, 0.5) is 0 Å². The highest BCUT2D eigenvalue weighted by Gasteiger charge is 2.25. The summed E-state index contributed by atoms with van der Waals surface area (Å²) in [4.78, 5) is 32.3.